The Balaban J connectivity index is 1.60. The van der Waals surface area contributed by atoms with Crippen LogP contribution in [0.2, 0.25) is 0 Å². The number of anilines is 1. The normalized spacial score (nSPS) is 11.1. The van der Waals surface area contributed by atoms with Crippen molar-refractivity contribution in [2.45, 2.75) is 6.54 Å². The van der Waals surface area contributed by atoms with Gasteiger partial charge >= 0.3 is 0 Å². The van der Waals surface area contributed by atoms with Crippen molar-refractivity contribution < 1.29 is 9.84 Å². The molecule has 0 saturated carbocycles. The average molecular weight is 417 g/mol. The van der Waals surface area contributed by atoms with Gasteiger partial charge in [0.2, 0.25) is 11.0 Å². The Hall–Kier alpha value is -3.71. The molecule has 7 heteroatoms. The number of aromatic hydroxyl groups is 1. The standard InChI is InChI=1S/C23H20N4O2S/c1-29-18-13-11-17(12-14-18)24-23(30)26-25-21-19-9-5-6-10-20(19)27(22(21)28)15-16-7-3-2-4-8-16/h2-14,28H,15H2,1H3,(H,24,30). The zero-order valence-electron chi connectivity index (χ0n) is 16.3. The van der Waals surface area contributed by atoms with Gasteiger partial charge in [-0.05, 0) is 48.1 Å². The summed E-state index contributed by atoms with van der Waals surface area (Å²) in [6.07, 6.45) is 0. The van der Waals surface area contributed by atoms with Gasteiger partial charge in [0.25, 0.3) is 0 Å². The maximum atomic E-state index is 10.9. The first-order valence-corrected chi connectivity index (χ1v) is 9.77. The van der Waals surface area contributed by atoms with Crippen LogP contribution >= 0.6 is 12.2 Å². The Morgan fingerprint density at radius 1 is 1.00 bits per heavy atom. The molecular formula is C23H20N4O2S. The zero-order chi connectivity index (χ0) is 20.9. The molecule has 0 fully saturated rings. The number of aromatic nitrogens is 1. The second-order valence-corrected chi connectivity index (χ2v) is 7.01. The molecule has 1 aromatic heterocycles. The average Bonchev–Trinajstić information content (AvgIpc) is 3.04. The monoisotopic (exact) mass is 416 g/mol. The third kappa shape index (κ3) is 4.16. The quantitative estimate of drug-likeness (QED) is 0.315. The van der Waals surface area contributed by atoms with Gasteiger partial charge in [-0.2, -0.15) is 0 Å². The molecule has 30 heavy (non-hydrogen) atoms. The molecule has 0 atom stereocenters. The van der Waals surface area contributed by atoms with Crippen LogP contribution in [0.3, 0.4) is 0 Å². The van der Waals surface area contributed by atoms with E-state index in [2.05, 4.69) is 15.5 Å². The van der Waals surface area contributed by atoms with Crippen molar-refractivity contribution in [3.05, 3.63) is 84.4 Å². The van der Waals surface area contributed by atoms with Crippen LogP contribution in [0.25, 0.3) is 10.9 Å². The molecule has 3 aromatic carbocycles. The van der Waals surface area contributed by atoms with Crippen molar-refractivity contribution in [3.8, 4) is 11.6 Å². The van der Waals surface area contributed by atoms with Crippen LogP contribution in [-0.4, -0.2) is 21.9 Å². The second-order valence-electron chi connectivity index (χ2n) is 6.62. The van der Waals surface area contributed by atoms with Gasteiger partial charge in [0.15, 0.2) is 5.69 Å². The molecule has 0 unspecified atom stereocenters. The van der Waals surface area contributed by atoms with E-state index in [1.807, 2.05) is 83.4 Å². The summed E-state index contributed by atoms with van der Waals surface area (Å²) in [5, 5.41) is 23.2. The highest BCUT2D eigenvalue weighted by Crippen LogP contribution is 2.39. The van der Waals surface area contributed by atoms with E-state index in [9.17, 15) is 5.11 Å². The maximum absolute atomic E-state index is 10.9. The van der Waals surface area contributed by atoms with Crippen LogP contribution in [0, 0.1) is 0 Å². The Morgan fingerprint density at radius 3 is 2.43 bits per heavy atom. The van der Waals surface area contributed by atoms with Crippen LogP contribution in [0.15, 0.2) is 89.1 Å². The summed E-state index contributed by atoms with van der Waals surface area (Å²) in [5.41, 5.74) is 3.12. The highest BCUT2D eigenvalue weighted by Gasteiger charge is 2.16. The van der Waals surface area contributed by atoms with Crippen molar-refractivity contribution in [2.24, 2.45) is 10.2 Å². The molecule has 0 amide bonds. The number of para-hydroxylation sites is 1. The SMILES string of the molecule is COc1ccc(NC(=S)N=Nc2c(O)n(Cc3ccccc3)c3ccccc23)cc1. The van der Waals surface area contributed by atoms with E-state index in [1.54, 1.807) is 7.11 Å². The van der Waals surface area contributed by atoms with E-state index < -0.39 is 0 Å². The first kappa shape index (κ1) is 19.6. The lowest BCUT2D eigenvalue weighted by molar-refractivity contribution is 0.415. The van der Waals surface area contributed by atoms with Crippen LogP contribution in [0.1, 0.15) is 5.56 Å². The molecule has 0 radical (unpaired) electrons. The van der Waals surface area contributed by atoms with Crippen molar-refractivity contribution in [1.29, 1.82) is 0 Å². The minimum absolute atomic E-state index is 0.0519. The second kappa shape index (κ2) is 8.75. The number of ether oxygens (including phenoxy) is 1. The molecule has 4 aromatic rings. The van der Waals surface area contributed by atoms with E-state index in [0.29, 0.717) is 12.2 Å². The first-order chi connectivity index (χ1) is 14.7. The molecule has 0 spiro atoms. The van der Waals surface area contributed by atoms with Crippen molar-refractivity contribution in [3.63, 3.8) is 0 Å². The van der Waals surface area contributed by atoms with E-state index in [-0.39, 0.29) is 11.0 Å². The van der Waals surface area contributed by atoms with E-state index >= 15 is 0 Å². The van der Waals surface area contributed by atoms with Crippen molar-refractivity contribution >= 4 is 39.6 Å². The number of methoxy groups -OCH3 is 1. The molecule has 0 aliphatic rings. The Bertz CT molecular complexity index is 1200. The van der Waals surface area contributed by atoms with Gasteiger partial charge in [-0.1, -0.05) is 48.5 Å². The fraction of sp³-hybridized carbons (Fsp3) is 0.0870. The number of nitrogens with one attached hydrogen (secondary N) is 1. The molecule has 0 bridgehead atoms. The summed E-state index contributed by atoms with van der Waals surface area (Å²) in [5.74, 6) is 0.806. The molecule has 4 rings (SSSR count). The molecule has 6 nitrogen and oxygen atoms in total. The van der Waals surface area contributed by atoms with Gasteiger partial charge < -0.3 is 19.7 Å². The Labute approximate surface area is 179 Å². The number of benzene rings is 3. The van der Waals surface area contributed by atoms with Gasteiger partial charge in [-0.15, -0.1) is 10.2 Å². The van der Waals surface area contributed by atoms with Crippen molar-refractivity contribution in [1.82, 2.24) is 4.57 Å². The number of hydrogen-bond acceptors (Lipinski definition) is 4. The van der Waals surface area contributed by atoms with Gasteiger partial charge in [-0.25, -0.2) is 0 Å². The third-order valence-corrected chi connectivity index (χ3v) is 4.87. The van der Waals surface area contributed by atoms with Crippen LogP contribution in [-0.2, 0) is 6.54 Å². The van der Waals surface area contributed by atoms with Crippen LogP contribution in [0.4, 0.5) is 11.4 Å². The van der Waals surface area contributed by atoms with E-state index in [1.165, 1.54) is 0 Å². The van der Waals surface area contributed by atoms with Gasteiger partial charge in [0.05, 0.1) is 19.2 Å². The topological polar surface area (TPSA) is 71.1 Å². The summed E-state index contributed by atoms with van der Waals surface area (Å²) in [6, 6.07) is 25.0. The number of nitrogens with zero attached hydrogens (tertiary/aromatic N) is 3. The Kier molecular flexibility index (Phi) is 5.72. The highest BCUT2D eigenvalue weighted by molar-refractivity contribution is 7.80. The smallest absolute Gasteiger partial charge is 0.221 e. The summed E-state index contributed by atoms with van der Waals surface area (Å²) < 4.78 is 6.96. The van der Waals surface area contributed by atoms with Gasteiger partial charge in [-0.3, -0.25) is 0 Å². The van der Waals surface area contributed by atoms with Crippen LogP contribution < -0.4 is 10.1 Å². The number of rotatable bonds is 5. The molecule has 0 aliphatic carbocycles. The molecule has 1 heterocycles. The number of thiocarbonyl (C=S) groups is 1. The van der Waals surface area contributed by atoms with Gasteiger partial charge in [0.1, 0.15) is 5.75 Å². The lowest BCUT2D eigenvalue weighted by Crippen LogP contribution is -2.04. The predicted molar refractivity (Wildman–Crippen MR) is 123 cm³/mol. The minimum atomic E-state index is 0.0519. The van der Waals surface area contributed by atoms with Crippen LogP contribution in [0.5, 0.6) is 11.6 Å². The van der Waals surface area contributed by atoms with Crippen molar-refractivity contribution in [2.75, 3.05) is 12.4 Å². The molecule has 0 aliphatic heterocycles. The Morgan fingerprint density at radius 2 is 1.70 bits per heavy atom. The summed E-state index contributed by atoms with van der Waals surface area (Å²) in [7, 11) is 1.61. The zero-order valence-corrected chi connectivity index (χ0v) is 17.1. The molecule has 150 valence electrons. The third-order valence-electron chi connectivity index (χ3n) is 4.68. The lowest BCUT2D eigenvalue weighted by Gasteiger charge is -2.07. The summed E-state index contributed by atoms with van der Waals surface area (Å²) >= 11 is 5.28. The fourth-order valence-electron chi connectivity index (χ4n) is 3.21. The number of azo groups is 1. The fourth-order valence-corrected chi connectivity index (χ4v) is 3.37. The minimum Gasteiger partial charge on any atom is -0.497 e. The number of hydrogen-bond donors (Lipinski definition) is 2. The first-order valence-electron chi connectivity index (χ1n) is 9.36. The van der Waals surface area contributed by atoms with Gasteiger partial charge in [0, 0.05) is 11.1 Å². The molecule has 2 N–H and O–H groups in total. The maximum Gasteiger partial charge on any atom is 0.221 e. The van der Waals surface area contributed by atoms with E-state index in [0.717, 1.165) is 27.9 Å². The van der Waals surface area contributed by atoms with E-state index in [4.69, 9.17) is 17.0 Å². The summed E-state index contributed by atoms with van der Waals surface area (Å²) in [6.45, 7) is 0.525. The summed E-state index contributed by atoms with van der Waals surface area (Å²) in [4.78, 5) is 0. The highest BCUT2D eigenvalue weighted by atomic mass is 32.1. The molecule has 0 saturated heterocycles. The predicted octanol–water partition coefficient (Wildman–Crippen LogP) is 5.88. The largest absolute Gasteiger partial charge is 0.497 e. The number of fused-ring (bicyclic) bond motifs is 1. The molecular weight excluding hydrogens is 396 g/mol. The lowest BCUT2D eigenvalue weighted by atomic mass is 10.2.